The first-order chi connectivity index (χ1) is 12.0. The van der Waals surface area contributed by atoms with E-state index in [-0.39, 0.29) is 30.6 Å². The predicted molar refractivity (Wildman–Crippen MR) is 94.6 cm³/mol. The van der Waals surface area contributed by atoms with Crippen LogP contribution < -0.4 is 4.90 Å². The molecule has 1 heterocycles. The number of anilines is 1. The first-order valence-electron chi connectivity index (χ1n) is 8.41. The van der Waals surface area contributed by atoms with Gasteiger partial charge in [0.15, 0.2) is 0 Å². The Bertz CT molecular complexity index is 774. The number of amides is 2. The lowest BCUT2D eigenvalue weighted by Crippen LogP contribution is -2.28. The van der Waals surface area contributed by atoms with Crippen LogP contribution in [0.2, 0.25) is 0 Å². The van der Waals surface area contributed by atoms with Crippen molar-refractivity contribution in [2.75, 3.05) is 18.5 Å². The Labute approximate surface area is 146 Å². The Morgan fingerprint density at radius 2 is 1.88 bits per heavy atom. The molecule has 1 aliphatic rings. The van der Waals surface area contributed by atoms with Gasteiger partial charge in [-0.1, -0.05) is 30.3 Å². The van der Waals surface area contributed by atoms with Crippen LogP contribution in [0.25, 0.3) is 0 Å². The van der Waals surface area contributed by atoms with Crippen LogP contribution in [0.4, 0.5) is 10.1 Å². The highest BCUT2D eigenvalue weighted by Crippen LogP contribution is 2.22. The molecule has 1 fully saturated rings. The monoisotopic (exact) mass is 340 g/mol. The molecule has 3 rings (SSSR count). The van der Waals surface area contributed by atoms with Crippen LogP contribution in [-0.2, 0) is 22.6 Å². The van der Waals surface area contributed by atoms with Crippen LogP contribution in [0.3, 0.4) is 0 Å². The van der Waals surface area contributed by atoms with Crippen molar-refractivity contribution in [3.05, 3.63) is 65.5 Å². The number of hydrogen-bond acceptors (Lipinski definition) is 2. The van der Waals surface area contributed by atoms with Crippen LogP contribution >= 0.6 is 0 Å². The van der Waals surface area contributed by atoms with E-state index in [1.54, 1.807) is 30.1 Å². The molecule has 2 amide bonds. The van der Waals surface area contributed by atoms with Crippen molar-refractivity contribution in [3.63, 3.8) is 0 Å². The minimum atomic E-state index is -0.304. The molecule has 1 saturated heterocycles. The quantitative estimate of drug-likeness (QED) is 0.839. The lowest BCUT2D eigenvalue weighted by atomic mass is 10.1. The third-order valence-corrected chi connectivity index (χ3v) is 4.47. The van der Waals surface area contributed by atoms with Gasteiger partial charge in [0.25, 0.3) is 0 Å². The molecule has 0 bridgehead atoms. The van der Waals surface area contributed by atoms with Crippen LogP contribution in [0, 0.1) is 5.82 Å². The summed E-state index contributed by atoms with van der Waals surface area (Å²) in [4.78, 5) is 27.4. The van der Waals surface area contributed by atoms with E-state index in [0.29, 0.717) is 12.0 Å². The van der Waals surface area contributed by atoms with Gasteiger partial charge in [-0.05, 0) is 30.2 Å². The van der Waals surface area contributed by atoms with Crippen molar-refractivity contribution in [1.29, 1.82) is 0 Å². The maximum absolute atomic E-state index is 13.7. The first-order valence-corrected chi connectivity index (χ1v) is 8.41. The molecule has 0 N–H and O–H groups in total. The molecule has 0 aliphatic carbocycles. The zero-order chi connectivity index (χ0) is 17.8. The summed E-state index contributed by atoms with van der Waals surface area (Å²) in [6.07, 6.45) is 1.74. The number of halogens is 1. The topological polar surface area (TPSA) is 40.6 Å². The fourth-order valence-electron chi connectivity index (χ4n) is 2.99. The predicted octanol–water partition coefficient (Wildman–Crippen LogP) is 3.15. The minimum absolute atomic E-state index is 0.0757. The highest BCUT2D eigenvalue weighted by Gasteiger charge is 2.21. The van der Waals surface area contributed by atoms with E-state index in [1.807, 2.05) is 24.3 Å². The average molecular weight is 340 g/mol. The van der Waals surface area contributed by atoms with Crippen LogP contribution in [-0.4, -0.2) is 30.3 Å². The van der Waals surface area contributed by atoms with Gasteiger partial charge in [-0.25, -0.2) is 4.39 Å². The van der Waals surface area contributed by atoms with Crippen molar-refractivity contribution in [3.8, 4) is 0 Å². The van der Waals surface area contributed by atoms with Gasteiger partial charge in [0, 0.05) is 37.8 Å². The van der Waals surface area contributed by atoms with Crippen molar-refractivity contribution >= 4 is 17.5 Å². The zero-order valence-electron chi connectivity index (χ0n) is 14.2. The Balaban J connectivity index is 1.60. The van der Waals surface area contributed by atoms with Crippen molar-refractivity contribution in [2.45, 2.75) is 25.8 Å². The summed E-state index contributed by atoms with van der Waals surface area (Å²) in [6, 6.07) is 14.0. The number of nitrogens with zero attached hydrogens (tertiary/aromatic N) is 2. The SMILES string of the molecule is CN(Cc1ccccc1F)C(=O)Cc1ccc(N2CCCC2=O)cc1. The Kier molecular flexibility index (Phi) is 5.12. The fraction of sp³-hybridized carbons (Fsp3) is 0.300. The lowest BCUT2D eigenvalue weighted by Gasteiger charge is -2.19. The van der Waals surface area contributed by atoms with Crippen molar-refractivity contribution < 1.29 is 14.0 Å². The maximum atomic E-state index is 13.7. The van der Waals surface area contributed by atoms with Gasteiger partial charge in [-0.15, -0.1) is 0 Å². The van der Waals surface area contributed by atoms with E-state index in [0.717, 1.165) is 24.2 Å². The lowest BCUT2D eigenvalue weighted by molar-refractivity contribution is -0.129. The number of carbonyl (C=O) groups excluding carboxylic acids is 2. The van der Waals surface area contributed by atoms with Gasteiger partial charge in [-0.3, -0.25) is 9.59 Å². The molecule has 2 aromatic rings. The molecule has 2 aromatic carbocycles. The van der Waals surface area contributed by atoms with E-state index in [2.05, 4.69) is 0 Å². The first kappa shape index (κ1) is 17.1. The normalized spacial score (nSPS) is 14.0. The summed E-state index contributed by atoms with van der Waals surface area (Å²) >= 11 is 0. The standard InChI is InChI=1S/C20H21FN2O2/c1-22(14-16-5-2-3-6-18(16)21)20(25)13-15-8-10-17(11-9-15)23-12-4-7-19(23)24/h2-3,5-6,8-11H,4,7,12-14H2,1H3. The summed E-state index contributed by atoms with van der Waals surface area (Å²) in [5.74, 6) is -0.233. The van der Waals surface area contributed by atoms with Crippen LogP contribution in [0.5, 0.6) is 0 Å². The molecule has 1 aliphatic heterocycles. The van der Waals surface area contributed by atoms with Gasteiger partial charge in [0.2, 0.25) is 11.8 Å². The summed E-state index contributed by atoms with van der Waals surface area (Å²) < 4.78 is 13.7. The smallest absolute Gasteiger partial charge is 0.227 e. The van der Waals surface area contributed by atoms with Crippen LogP contribution in [0.15, 0.2) is 48.5 Å². The fourth-order valence-corrected chi connectivity index (χ4v) is 2.99. The molecule has 0 unspecified atom stereocenters. The van der Waals surface area contributed by atoms with E-state index in [4.69, 9.17) is 0 Å². The molecule has 130 valence electrons. The molecular weight excluding hydrogens is 319 g/mol. The van der Waals surface area contributed by atoms with Gasteiger partial charge in [-0.2, -0.15) is 0 Å². The van der Waals surface area contributed by atoms with E-state index in [1.165, 1.54) is 11.0 Å². The molecule has 4 nitrogen and oxygen atoms in total. The Morgan fingerprint density at radius 1 is 1.16 bits per heavy atom. The summed E-state index contributed by atoms with van der Waals surface area (Å²) in [5.41, 5.74) is 2.25. The minimum Gasteiger partial charge on any atom is -0.341 e. The highest BCUT2D eigenvalue weighted by atomic mass is 19.1. The van der Waals surface area contributed by atoms with E-state index >= 15 is 0 Å². The van der Waals surface area contributed by atoms with E-state index < -0.39 is 0 Å². The number of likely N-dealkylation sites (N-methyl/N-ethyl adjacent to an activating group) is 1. The number of rotatable bonds is 5. The third kappa shape index (κ3) is 4.05. The van der Waals surface area contributed by atoms with Gasteiger partial charge in [0.05, 0.1) is 6.42 Å². The number of hydrogen-bond donors (Lipinski definition) is 0. The van der Waals surface area contributed by atoms with Gasteiger partial charge in [0.1, 0.15) is 5.82 Å². The second-order valence-electron chi connectivity index (χ2n) is 6.33. The number of benzene rings is 2. The summed E-state index contributed by atoms with van der Waals surface area (Å²) in [5, 5.41) is 0. The van der Waals surface area contributed by atoms with E-state index in [9.17, 15) is 14.0 Å². The molecule has 5 heteroatoms. The molecule has 0 radical (unpaired) electrons. The highest BCUT2D eigenvalue weighted by molar-refractivity contribution is 5.95. The maximum Gasteiger partial charge on any atom is 0.227 e. The van der Waals surface area contributed by atoms with Gasteiger partial charge < -0.3 is 9.80 Å². The second-order valence-corrected chi connectivity index (χ2v) is 6.33. The average Bonchev–Trinajstić information content (AvgIpc) is 3.03. The summed E-state index contributed by atoms with van der Waals surface area (Å²) in [7, 11) is 1.67. The van der Waals surface area contributed by atoms with Crippen molar-refractivity contribution in [2.24, 2.45) is 0 Å². The molecule has 0 saturated carbocycles. The molecule has 0 atom stereocenters. The molecule has 25 heavy (non-hydrogen) atoms. The Morgan fingerprint density at radius 3 is 2.52 bits per heavy atom. The molecule has 0 aromatic heterocycles. The zero-order valence-corrected chi connectivity index (χ0v) is 14.2. The van der Waals surface area contributed by atoms with Crippen LogP contribution in [0.1, 0.15) is 24.0 Å². The molecule has 0 spiro atoms. The second kappa shape index (κ2) is 7.47. The van der Waals surface area contributed by atoms with Gasteiger partial charge >= 0.3 is 0 Å². The largest absolute Gasteiger partial charge is 0.341 e. The summed E-state index contributed by atoms with van der Waals surface area (Å²) in [6.45, 7) is 0.994. The molecular formula is C20H21FN2O2. The number of carbonyl (C=O) groups is 2. The third-order valence-electron chi connectivity index (χ3n) is 4.47. The van der Waals surface area contributed by atoms with Crippen molar-refractivity contribution in [1.82, 2.24) is 4.90 Å². The Hall–Kier alpha value is -2.69.